The molecule has 0 radical (unpaired) electrons. The van der Waals surface area contributed by atoms with E-state index in [0.29, 0.717) is 0 Å². The van der Waals surface area contributed by atoms with Crippen LogP contribution in [0.1, 0.15) is 18.9 Å². The molecule has 0 aliphatic rings. The van der Waals surface area contributed by atoms with Crippen molar-refractivity contribution >= 4 is 6.29 Å². The van der Waals surface area contributed by atoms with Crippen molar-refractivity contribution in [2.45, 2.75) is 19.8 Å². The van der Waals surface area contributed by atoms with E-state index in [1.54, 1.807) is 7.11 Å². The predicted octanol–water partition coefficient (Wildman–Crippen LogP) is 2.46. The van der Waals surface area contributed by atoms with Gasteiger partial charge in [0.15, 0.2) is 0 Å². The number of hydrogen-bond acceptors (Lipinski definition) is 2. The average molecular weight is 192 g/mol. The first-order valence-electron chi connectivity index (χ1n) is 4.85. The lowest BCUT2D eigenvalue weighted by Crippen LogP contribution is -1.99. The minimum Gasteiger partial charge on any atom is -0.496 e. The maximum Gasteiger partial charge on any atom is 0.122 e. The second-order valence-electron chi connectivity index (χ2n) is 3.46. The lowest BCUT2D eigenvalue weighted by Gasteiger charge is -2.08. The van der Waals surface area contributed by atoms with Gasteiger partial charge in [0.1, 0.15) is 12.0 Å². The van der Waals surface area contributed by atoms with Gasteiger partial charge >= 0.3 is 0 Å². The Kier molecular flexibility index (Phi) is 4.17. The molecule has 1 unspecified atom stereocenters. The van der Waals surface area contributed by atoms with Gasteiger partial charge in [-0.05, 0) is 24.5 Å². The molecule has 0 aliphatic carbocycles. The molecule has 0 N–H and O–H groups in total. The van der Waals surface area contributed by atoms with Crippen LogP contribution in [0.2, 0.25) is 0 Å². The number of carbonyl (C=O) groups excluding carboxylic acids is 1. The molecule has 1 aromatic rings. The molecule has 0 spiro atoms. The third-order valence-electron chi connectivity index (χ3n) is 2.29. The van der Waals surface area contributed by atoms with Crippen molar-refractivity contribution in [2.75, 3.05) is 7.11 Å². The van der Waals surface area contributed by atoms with Crippen LogP contribution < -0.4 is 4.74 Å². The summed E-state index contributed by atoms with van der Waals surface area (Å²) in [6.45, 7) is 1.93. The predicted molar refractivity (Wildman–Crippen MR) is 56.5 cm³/mol. The quantitative estimate of drug-likeness (QED) is 0.670. The number of aryl methyl sites for hydroxylation is 1. The van der Waals surface area contributed by atoms with Gasteiger partial charge in [-0.1, -0.05) is 25.1 Å². The number of ether oxygens (including phenoxy) is 1. The van der Waals surface area contributed by atoms with Crippen molar-refractivity contribution in [1.29, 1.82) is 0 Å². The summed E-state index contributed by atoms with van der Waals surface area (Å²) in [6, 6.07) is 7.92. The van der Waals surface area contributed by atoms with E-state index in [0.717, 1.165) is 24.9 Å². The maximum absolute atomic E-state index is 10.4. The molecule has 0 saturated heterocycles. The number of methoxy groups -OCH3 is 1. The Balaban J connectivity index is 2.61. The Morgan fingerprint density at radius 3 is 2.79 bits per heavy atom. The zero-order valence-electron chi connectivity index (χ0n) is 8.69. The smallest absolute Gasteiger partial charge is 0.122 e. The summed E-state index contributed by atoms with van der Waals surface area (Å²) in [5, 5.41) is 0. The molecule has 1 rings (SSSR count). The van der Waals surface area contributed by atoms with E-state index in [1.807, 2.05) is 31.2 Å². The molecule has 1 atom stereocenters. The second-order valence-corrected chi connectivity index (χ2v) is 3.46. The monoisotopic (exact) mass is 192 g/mol. The first kappa shape index (κ1) is 10.8. The van der Waals surface area contributed by atoms with E-state index in [-0.39, 0.29) is 5.92 Å². The number of benzene rings is 1. The van der Waals surface area contributed by atoms with E-state index >= 15 is 0 Å². The summed E-state index contributed by atoms with van der Waals surface area (Å²) < 4.78 is 5.22. The molecule has 76 valence electrons. The molecule has 2 nitrogen and oxygen atoms in total. The highest BCUT2D eigenvalue weighted by Gasteiger charge is 2.04. The van der Waals surface area contributed by atoms with Gasteiger partial charge in [-0.3, -0.25) is 0 Å². The van der Waals surface area contributed by atoms with E-state index in [4.69, 9.17) is 4.74 Å². The van der Waals surface area contributed by atoms with Crippen LogP contribution in [0.25, 0.3) is 0 Å². The van der Waals surface area contributed by atoms with Crippen LogP contribution in [0, 0.1) is 5.92 Å². The molecule has 0 amide bonds. The van der Waals surface area contributed by atoms with Gasteiger partial charge in [0.25, 0.3) is 0 Å². The zero-order valence-corrected chi connectivity index (χ0v) is 8.69. The lowest BCUT2D eigenvalue weighted by atomic mass is 10.0. The van der Waals surface area contributed by atoms with Crippen molar-refractivity contribution in [1.82, 2.24) is 0 Å². The highest BCUT2D eigenvalue weighted by molar-refractivity contribution is 5.52. The van der Waals surface area contributed by atoms with E-state index in [1.165, 1.54) is 5.56 Å². The molecule has 0 fully saturated rings. The first-order chi connectivity index (χ1) is 6.77. The largest absolute Gasteiger partial charge is 0.496 e. The van der Waals surface area contributed by atoms with Crippen LogP contribution in [0.5, 0.6) is 5.75 Å². The van der Waals surface area contributed by atoms with Gasteiger partial charge < -0.3 is 9.53 Å². The fourth-order valence-electron chi connectivity index (χ4n) is 1.36. The Bertz CT molecular complexity index is 294. The summed E-state index contributed by atoms with van der Waals surface area (Å²) in [6.07, 6.45) is 2.77. The van der Waals surface area contributed by atoms with Crippen LogP contribution in [-0.2, 0) is 11.2 Å². The average Bonchev–Trinajstić information content (AvgIpc) is 2.26. The number of hydrogen-bond donors (Lipinski definition) is 0. The van der Waals surface area contributed by atoms with Gasteiger partial charge in [0, 0.05) is 5.92 Å². The highest BCUT2D eigenvalue weighted by atomic mass is 16.5. The minimum atomic E-state index is 0.125. The van der Waals surface area contributed by atoms with Gasteiger partial charge in [-0.25, -0.2) is 0 Å². The fraction of sp³-hybridized carbons (Fsp3) is 0.417. The summed E-state index contributed by atoms with van der Waals surface area (Å²) in [5.41, 5.74) is 1.17. The molecule has 2 heteroatoms. The molecule has 0 aromatic heterocycles. The molecule has 0 aliphatic heterocycles. The third-order valence-corrected chi connectivity index (χ3v) is 2.29. The normalized spacial score (nSPS) is 12.1. The maximum atomic E-state index is 10.4. The van der Waals surface area contributed by atoms with Crippen molar-refractivity contribution < 1.29 is 9.53 Å². The molecule has 0 heterocycles. The van der Waals surface area contributed by atoms with Crippen LogP contribution in [0.3, 0.4) is 0 Å². The fourth-order valence-corrected chi connectivity index (χ4v) is 1.36. The number of rotatable bonds is 5. The Morgan fingerprint density at radius 2 is 2.14 bits per heavy atom. The Labute approximate surface area is 84.9 Å². The van der Waals surface area contributed by atoms with Crippen molar-refractivity contribution in [2.24, 2.45) is 5.92 Å². The van der Waals surface area contributed by atoms with Crippen molar-refractivity contribution in [3.8, 4) is 5.75 Å². The Hall–Kier alpha value is -1.31. The summed E-state index contributed by atoms with van der Waals surface area (Å²) >= 11 is 0. The SMILES string of the molecule is COc1ccccc1CCC(C)C=O. The first-order valence-corrected chi connectivity index (χ1v) is 4.85. The van der Waals surface area contributed by atoms with Crippen LogP contribution in [0.4, 0.5) is 0 Å². The summed E-state index contributed by atoms with van der Waals surface area (Å²) in [7, 11) is 1.67. The topological polar surface area (TPSA) is 26.3 Å². The lowest BCUT2D eigenvalue weighted by molar-refractivity contribution is -0.110. The zero-order chi connectivity index (χ0) is 10.4. The van der Waals surface area contributed by atoms with Gasteiger partial charge in [0.2, 0.25) is 0 Å². The molecular formula is C12H16O2. The second kappa shape index (κ2) is 5.43. The molecular weight excluding hydrogens is 176 g/mol. The minimum absolute atomic E-state index is 0.125. The van der Waals surface area contributed by atoms with Crippen molar-refractivity contribution in [3.05, 3.63) is 29.8 Å². The number of carbonyl (C=O) groups is 1. The van der Waals surface area contributed by atoms with E-state index < -0.39 is 0 Å². The van der Waals surface area contributed by atoms with Gasteiger partial charge in [0.05, 0.1) is 7.11 Å². The van der Waals surface area contributed by atoms with Crippen LogP contribution in [0.15, 0.2) is 24.3 Å². The number of aldehydes is 1. The Morgan fingerprint density at radius 1 is 1.43 bits per heavy atom. The van der Waals surface area contributed by atoms with Gasteiger partial charge in [-0.15, -0.1) is 0 Å². The van der Waals surface area contributed by atoms with Crippen molar-refractivity contribution in [3.63, 3.8) is 0 Å². The van der Waals surface area contributed by atoms with Crippen LogP contribution >= 0.6 is 0 Å². The highest BCUT2D eigenvalue weighted by Crippen LogP contribution is 2.19. The molecule has 0 saturated carbocycles. The summed E-state index contributed by atoms with van der Waals surface area (Å²) in [4.78, 5) is 10.4. The molecule has 0 bridgehead atoms. The molecule has 14 heavy (non-hydrogen) atoms. The van der Waals surface area contributed by atoms with Gasteiger partial charge in [-0.2, -0.15) is 0 Å². The number of para-hydroxylation sites is 1. The van der Waals surface area contributed by atoms with E-state index in [9.17, 15) is 4.79 Å². The summed E-state index contributed by atoms with van der Waals surface area (Å²) in [5.74, 6) is 1.03. The standard InChI is InChI=1S/C12H16O2/c1-10(9-13)7-8-11-5-3-4-6-12(11)14-2/h3-6,9-10H,7-8H2,1-2H3. The molecule has 1 aromatic carbocycles. The van der Waals surface area contributed by atoms with E-state index in [2.05, 4.69) is 0 Å². The van der Waals surface area contributed by atoms with Crippen LogP contribution in [-0.4, -0.2) is 13.4 Å². The third kappa shape index (κ3) is 2.87.